The fraction of sp³-hybridized carbons (Fsp3) is 0.100. The van der Waals surface area contributed by atoms with Crippen molar-refractivity contribution in [1.29, 1.82) is 0 Å². The summed E-state index contributed by atoms with van der Waals surface area (Å²) >= 11 is 0. The lowest BCUT2D eigenvalue weighted by molar-refractivity contribution is 0.359. The Labute approximate surface area is 128 Å². The van der Waals surface area contributed by atoms with Gasteiger partial charge in [0.25, 0.3) is 0 Å². The number of methoxy groups -OCH3 is 2. The van der Waals surface area contributed by atoms with Gasteiger partial charge in [-0.15, -0.1) is 0 Å². The van der Waals surface area contributed by atoms with Crippen molar-refractivity contribution < 1.29 is 9.47 Å². The van der Waals surface area contributed by atoms with Crippen LogP contribution in [0.4, 0.5) is 0 Å². The van der Waals surface area contributed by atoms with E-state index in [0.29, 0.717) is 0 Å². The summed E-state index contributed by atoms with van der Waals surface area (Å²) in [6.07, 6.45) is 0. The molecule has 108 valence electrons. The van der Waals surface area contributed by atoms with Crippen molar-refractivity contribution in [3.8, 4) is 11.5 Å². The lowest BCUT2D eigenvalue weighted by Gasteiger charge is -2.13. The van der Waals surface area contributed by atoms with Crippen LogP contribution in [-0.4, -0.2) is 14.2 Å². The Morgan fingerprint density at radius 1 is 0.636 bits per heavy atom. The van der Waals surface area contributed by atoms with Crippen molar-refractivity contribution >= 4 is 32.3 Å². The van der Waals surface area contributed by atoms with Crippen LogP contribution in [0.15, 0.2) is 60.7 Å². The van der Waals surface area contributed by atoms with E-state index in [1.165, 1.54) is 21.5 Å². The number of rotatable bonds is 2. The first-order valence-corrected chi connectivity index (χ1v) is 7.28. The normalized spacial score (nSPS) is 11.2. The van der Waals surface area contributed by atoms with Crippen molar-refractivity contribution in [2.75, 3.05) is 14.2 Å². The molecule has 0 aliphatic carbocycles. The van der Waals surface area contributed by atoms with Gasteiger partial charge in [-0.05, 0) is 45.1 Å². The third kappa shape index (κ3) is 1.81. The Balaban J connectivity index is 2.23. The largest absolute Gasteiger partial charge is 0.493 e. The third-order valence-electron chi connectivity index (χ3n) is 4.21. The molecule has 0 atom stereocenters. The average molecular weight is 288 g/mol. The Morgan fingerprint density at radius 2 is 1.32 bits per heavy atom. The fourth-order valence-electron chi connectivity index (χ4n) is 3.15. The molecule has 22 heavy (non-hydrogen) atoms. The van der Waals surface area contributed by atoms with Gasteiger partial charge in [0, 0.05) is 5.39 Å². The van der Waals surface area contributed by atoms with E-state index in [4.69, 9.17) is 9.47 Å². The standard InChI is InChI=1S/C20H16O2/c1-21-18-10-9-13-7-8-16-11-14-5-3-4-6-15(14)12-17(16)19(13)20(18)22-2/h3-12H,1-2H3. The van der Waals surface area contributed by atoms with Crippen LogP contribution in [0.2, 0.25) is 0 Å². The molecule has 0 unspecified atom stereocenters. The predicted octanol–water partition coefficient (Wildman–Crippen LogP) is 5.16. The van der Waals surface area contributed by atoms with Crippen molar-refractivity contribution in [2.24, 2.45) is 0 Å². The molecule has 0 heterocycles. The fourth-order valence-corrected chi connectivity index (χ4v) is 3.15. The van der Waals surface area contributed by atoms with Gasteiger partial charge in [-0.3, -0.25) is 0 Å². The van der Waals surface area contributed by atoms with E-state index in [9.17, 15) is 0 Å². The highest BCUT2D eigenvalue weighted by molar-refractivity contribution is 6.15. The van der Waals surface area contributed by atoms with Gasteiger partial charge < -0.3 is 9.47 Å². The molecule has 0 saturated carbocycles. The van der Waals surface area contributed by atoms with Crippen LogP contribution in [-0.2, 0) is 0 Å². The maximum Gasteiger partial charge on any atom is 0.169 e. The monoisotopic (exact) mass is 288 g/mol. The molecule has 2 nitrogen and oxygen atoms in total. The van der Waals surface area contributed by atoms with E-state index < -0.39 is 0 Å². The molecule has 2 heteroatoms. The molecular weight excluding hydrogens is 272 g/mol. The van der Waals surface area contributed by atoms with Gasteiger partial charge in [-0.2, -0.15) is 0 Å². The van der Waals surface area contributed by atoms with E-state index in [1.807, 2.05) is 6.07 Å². The molecule has 4 rings (SSSR count). The molecule has 0 amide bonds. The van der Waals surface area contributed by atoms with Crippen LogP contribution in [0.5, 0.6) is 11.5 Å². The van der Waals surface area contributed by atoms with E-state index in [2.05, 4.69) is 54.6 Å². The summed E-state index contributed by atoms with van der Waals surface area (Å²) < 4.78 is 11.1. The molecule has 0 bridgehead atoms. The van der Waals surface area contributed by atoms with Gasteiger partial charge in [-0.1, -0.05) is 42.5 Å². The smallest absolute Gasteiger partial charge is 0.169 e. The minimum absolute atomic E-state index is 0.760. The Morgan fingerprint density at radius 3 is 2.05 bits per heavy atom. The Bertz CT molecular complexity index is 1000. The second-order valence-corrected chi connectivity index (χ2v) is 5.39. The molecule has 0 fully saturated rings. The van der Waals surface area contributed by atoms with Gasteiger partial charge in [0.1, 0.15) is 0 Å². The summed E-state index contributed by atoms with van der Waals surface area (Å²) in [7, 11) is 3.36. The minimum Gasteiger partial charge on any atom is -0.493 e. The lowest BCUT2D eigenvalue weighted by Crippen LogP contribution is -1.92. The molecule has 0 aliphatic heterocycles. The van der Waals surface area contributed by atoms with Crippen LogP contribution in [0.25, 0.3) is 32.3 Å². The van der Waals surface area contributed by atoms with Crippen molar-refractivity contribution in [3.05, 3.63) is 60.7 Å². The number of fused-ring (bicyclic) bond motifs is 4. The first-order chi connectivity index (χ1) is 10.8. The molecule has 0 saturated heterocycles. The third-order valence-corrected chi connectivity index (χ3v) is 4.21. The molecule has 0 aromatic heterocycles. The lowest BCUT2D eigenvalue weighted by atomic mass is 9.97. The van der Waals surface area contributed by atoms with Gasteiger partial charge in [0.05, 0.1) is 14.2 Å². The maximum atomic E-state index is 5.64. The summed E-state index contributed by atoms with van der Waals surface area (Å²) in [5.74, 6) is 1.55. The molecular formula is C20H16O2. The van der Waals surface area contributed by atoms with Crippen molar-refractivity contribution in [3.63, 3.8) is 0 Å². The first-order valence-electron chi connectivity index (χ1n) is 7.28. The second-order valence-electron chi connectivity index (χ2n) is 5.39. The molecule has 4 aromatic carbocycles. The molecule has 0 N–H and O–H groups in total. The van der Waals surface area contributed by atoms with Gasteiger partial charge in [0.15, 0.2) is 11.5 Å². The number of ether oxygens (including phenoxy) is 2. The topological polar surface area (TPSA) is 18.5 Å². The zero-order chi connectivity index (χ0) is 15.1. The first kappa shape index (κ1) is 13.0. The molecule has 0 radical (unpaired) electrons. The van der Waals surface area contributed by atoms with Crippen LogP contribution in [0.1, 0.15) is 0 Å². The highest BCUT2D eigenvalue weighted by atomic mass is 16.5. The summed E-state index contributed by atoms with van der Waals surface area (Å²) in [5.41, 5.74) is 0. The highest BCUT2D eigenvalue weighted by Gasteiger charge is 2.12. The Hall–Kier alpha value is -2.74. The number of benzene rings is 4. The van der Waals surface area contributed by atoms with Crippen molar-refractivity contribution in [2.45, 2.75) is 0 Å². The SMILES string of the molecule is COc1ccc2ccc3cc4ccccc4cc3c2c1OC. The summed E-state index contributed by atoms with van der Waals surface area (Å²) in [6.45, 7) is 0. The molecule has 4 aromatic rings. The minimum atomic E-state index is 0.760. The highest BCUT2D eigenvalue weighted by Crippen LogP contribution is 2.40. The van der Waals surface area contributed by atoms with Gasteiger partial charge in [0.2, 0.25) is 0 Å². The molecule has 0 spiro atoms. The zero-order valence-electron chi connectivity index (χ0n) is 12.6. The number of hydrogen-bond acceptors (Lipinski definition) is 2. The predicted molar refractivity (Wildman–Crippen MR) is 92.1 cm³/mol. The summed E-state index contributed by atoms with van der Waals surface area (Å²) in [6, 6.07) is 21.2. The van der Waals surface area contributed by atoms with Crippen molar-refractivity contribution in [1.82, 2.24) is 0 Å². The van der Waals surface area contributed by atoms with Crippen LogP contribution >= 0.6 is 0 Å². The number of hydrogen-bond donors (Lipinski definition) is 0. The Kier molecular flexibility index (Phi) is 2.90. The zero-order valence-corrected chi connectivity index (χ0v) is 12.6. The van der Waals surface area contributed by atoms with E-state index in [-0.39, 0.29) is 0 Å². The quantitative estimate of drug-likeness (QED) is 0.374. The van der Waals surface area contributed by atoms with E-state index >= 15 is 0 Å². The van der Waals surface area contributed by atoms with E-state index in [0.717, 1.165) is 22.3 Å². The average Bonchev–Trinajstić information content (AvgIpc) is 2.58. The maximum absolute atomic E-state index is 5.64. The second kappa shape index (κ2) is 4.92. The van der Waals surface area contributed by atoms with Gasteiger partial charge in [-0.25, -0.2) is 0 Å². The summed E-state index contributed by atoms with van der Waals surface area (Å²) in [5, 5.41) is 7.12. The van der Waals surface area contributed by atoms with Gasteiger partial charge >= 0.3 is 0 Å². The van der Waals surface area contributed by atoms with Crippen LogP contribution in [0, 0.1) is 0 Å². The summed E-state index contributed by atoms with van der Waals surface area (Å²) in [4.78, 5) is 0. The molecule has 0 aliphatic rings. The van der Waals surface area contributed by atoms with E-state index in [1.54, 1.807) is 14.2 Å². The van der Waals surface area contributed by atoms with Crippen LogP contribution in [0.3, 0.4) is 0 Å². The van der Waals surface area contributed by atoms with Crippen LogP contribution < -0.4 is 9.47 Å².